The van der Waals surface area contributed by atoms with Crippen LogP contribution >= 0.6 is 0 Å². The molecule has 1 aliphatic rings. The van der Waals surface area contributed by atoms with Crippen molar-refractivity contribution in [2.45, 2.75) is 6.92 Å². The molecule has 0 radical (unpaired) electrons. The van der Waals surface area contributed by atoms with Crippen LogP contribution in [0.2, 0.25) is 0 Å². The van der Waals surface area contributed by atoms with Gasteiger partial charge in [0.05, 0.1) is 13.7 Å². The summed E-state index contributed by atoms with van der Waals surface area (Å²) in [4.78, 5) is 4.15. The zero-order chi connectivity index (χ0) is 8.27. The van der Waals surface area contributed by atoms with E-state index < -0.39 is 0 Å². The summed E-state index contributed by atoms with van der Waals surface area (Å²) in [5, 5.41) is 1.85. The average molecular weight is 155 g/mol. The topological polar surface area (TPSA) is 36.9 Å². The summed E-state index contributed by atoms with van der Waals surface area (Å²) in [5.41, 5.74) is 3.08. The largest absolute Gasteiger partial charge is 0.496 e. The van der Waals surface area contributed by atoms with Crippen LogP contribution in [-0.2, 0) is 4.74 Å². The molecule has 4 heteroatoms. The van der Waals surface area contributed by atoms with Crippen molar-refractivity contribution in [1.82, 2.24) is 10.4 Å². The van der Waals surface area contributed by atoms with Crippen molar-refractivity contribution < 1.29 is 4.74 Å². The summed E-state index contributed by atoms with van der Waals surface area (Å²) in [5.74, 6) is 1.74. The van der Waals surface area contributed by atoms with Gasteiger partial charge in [-0.1, -0.05) is 0 Å². The van der Waals surface area contributed by atoms with Crippen molar-refractivity contribution in [2.75, 3.05) is 20.7 Å². The highest BCUT2D eigenvalue weighted by Crippen LogP contribution is 2.13. The van der Waals surface area contributed by atoms with Gasteiger partial charge in [-0.05, 0) is 6.92 Å². The highest BCUT2D eigenvalue weighted by Gasteiger charge is 2.17. The van der Waals surface area contributed by atoms with E-state index in [0.717, 1.165) is 18.1 Å². The highest BCUT2D eigenvalue weighted by atomic mass is 16.5. The first-order chi connectivity index (χ1) is 5.29. The predicted octanol–water partition coefficient (Wildman–Crippen LogP) is 0.343. The molecule has 0 atom stereocenters. The van der Waals surface area contributed by atoms with Gasteiger partial charge in [-0.2, -0.15) is 0 Å². The van der Waals surface area contributed by atoms with Gasteiger partial charge in [-0.3, -0.25) is 5.01 Å². The van der Waals surface area contributed by atoms with E-state index in [9.17, 15) is 0 Å². The first-order valence-electron chi connectivity index (χ1n) is 3.52. The lowest BCUT2D eigenvalue weighted by molar-refractivity contribution is 0.285. The molecule has 0 fully saturated rings. The lowest BCUT2D eigenvalue weighted by atomic mass is 10.5. The molecular formula is C7H13N3O. The van der Waals surface area contributed by atoms with Crippen molar-refractivity contribution in [2.24, 2.45) is 4.99 Å². The van der Waals surface area contributed by atoms with Gasteiger partial charge in [0.15, 0.2) is 11.6 Å². The maximum Gasteiger partial charge on any atom is 0.182 e. The van der Waals surface area contributed by atoms with Crippen molar-refractivity contribution in [1.29, 1.82) is 0 Å². The fraction of sp³-hybridized carbons (Fsp3) is 0.571. The zero-order valence-corrected chi connectivity index (χ0v) is 7.09. The third-order valence-electron chi connectivity index (χ3n) is 1.54. The van der Waals surface area contributed by atoms with E-state index in [1.54, 1.807) is 13.3 Å². The first-order valence-corrected chi connectivity index (χ1v) is 3.52. The van der Waals surface area contributed by atoms with E-state index in [4.69, 9.17) is 4.74 Å². The molecule has 0 saturated carbocycles. The van der Waals surface area contributed by atoms with Gasteiger partial charge in [0, 0.05) is 13.3 Å². The summed E-state index contributed by atoms with van der Waals surface area (Å²) in [7, 11) is 3.57. The van der Waals surface area contributed by atoms with Crippen LogP contribution in [0.15, 0.2) is 16.6 Å². The molecule has 0 aliphatic carbocycles. The Morgan fingerprint density at radius 3 is 3.00 bits per heavy atom. The highest BCUT2D eigenvalue weighted by molar-refractivity contribution is 5.55. The molecule has 0 aromatic heterocycles. The Morgan fingerprint density at radius 1 is 1.73 bits per heavy atom. The number of hydrogen-bond donors (Lipinski definition) is 1. The third-order valence-corrected chi connectivity index (χ3v) is 1.54. The standard InChI is InChI=1S/C7H13N3O/c1-4-8-7-6(11-3)5-9-10(7)2/h4,9H,5H2,1-3H3. The molecular weight excluding hydrogens is 142 g/mol. The maximum absolute atomic E-state index is 5.11. The molecule has 11 heavy (non-hydrogen) atoms. The van der Waals surface area contributed by atoms with Gasteiger partial charge in [0.2, 0.25) is 0 Å². The van der Waals surface area contributed by atoms with Crippen molar-refractivity contribution in [3.63, 3.8) is 0 Å². The lowest BCUT2D eigenvalue weighted by Crippen LogP contribution is -2.26. The molecule has 0 aromatic rings. The summed E-state index contributed by atoms with van der Waals surface area (Å²) >= 11 is 0. The molecule has 0 unspecified atom stereocenters. The maximum atomic E-state index is 5.11. The Kier molecular flexibility index (Phi) is 2.48. The van der Waals surface area contributed by atoms with Gasteiger partial charge >= 0.3 is 0 Å². The van der Waals surface area contributed by atoms with Crippen LogP contribution < -0.4 is 5.43 Å². The van der Waals surface area contributed by atoms with Crippen LogP contribution in [0.3, 0.4) is 0 Å². The van der Waals surface area contributed by atoms with Crippen molar-refractivity contribution in [3.05, 3.63) is 11.6 Å². The van der Waals surface area contributed by atoms with Crippen LogP contribution in [-0.4, -0.2) is 31.9 Å². The van der Waals surface area contributed by atoms with E-state index in [2.05, 4.69) is 10.4 Å². The van der Waals surface area contributed by atoms with Crippen molar-refractivity contribution in [3.8, 4) is 0 Å². The van der Waals surface area contributed by atoms with Gasteiger partial charge in [0.1, 0.15) is 0 Å². The molecule has 62 valence electrons. The van der Waals surface area contributed by atoms with E-state index in [1.165, 1.54) is 0 Å². The van der Waals surface area contributed by atoms with E-state index in [0.29, 0.717) is 0 Å². The van der Waals surface area contributed by atoms with Crippen LogP contribution in [0, 0.1) is 0 Å². The molecule has 4 nitrogen and oxygen atoms in total. The minimum absolute atomic E-state index is 0.722. The fourth-order valence-corrected chi connectivity index (χ4v) is 0.976. The minimum atomic E-state index is 0.722. The normalized spacial score (nSPS) is 18.6. The summed E-state index contributed by atoms with van der Waals surface area (Å²) in [6, 6.07) is 0. The Balaban J connectivity index is 2.80. The molecule has 1 N–H and O–H groups in total. The zero-order valence-electron chi connectivity index (χ0n) is 7.09. The second-order valence-electron chi connectivity index (χ2n) is 2.23. The SMILES string of the molecule is CC=NC1=C(OC)CNN1C. The fourth-order valence-electron chi connectivity index (χ4n) is 0.976. The number of ether oxygens (including phenoxy) is 1. The van der Waals surface area contributed by atoms with Crippen LogP contribution in [0.25, 0.3) is 0 Å². The number of hydrogen-bond acceptors (Lipinski definition) is 4. The molecule has 0 spiro atoms. The van der Waals surface area contributed by atoms with Crippen LogP contribution in [0.1, 0.15) is 6.92 Å². The van der Waals surface area contributed by atoms with Gasteiger partial charge < -0.3 is 4.74 Å². The molecule has 0 bridgehead atoms. The number of nitrogens with one attached hydrogen (secondary N) is 1. The molecule has 1 heterocycles. The van der Waals surface area contributed by atoms with E-state index in [1.807, 2.05) is 19.0 Å². The number of hydrazine groups is 1. The van der Waals surface area contributed by atoms with E-state index in [-0.39, 0.29) is 0 Å². The van der Waals surface area contributed by atoms with Gasteiger partial charge in [-0.25, -0.2) is 10.4 Å². The molecule has 0 saturated heterocycles. The van der Waals surface area contributed by atoms with E-state index >= 15 is 0 Å². The molecule has 0 aromatic carbocycles. The van der Waals surface area contributed by atoms with Crippen molar-refractivity contribution >= 4 is 6.21 Å². The lowest BCUT2D eigenvalue weighted by Gasteiger charge is -2.10. The second kappa shape index (κ2) is 3.39. The Bertz CT molecular complexity index is 198. The average Bonchev–Trinajstić information content (AvgIpc) is 2.34. The van der Waals surface area contributed by atoms with Gasteiger partial charge in [-0.15, -0.1) is 0 Å². The Labute approximate surface area is 66.5 Å². The Morgan fingerprint density at radius 2 is 2.45 bits per heavy atom. The third kappa shape index (κ3) is 1.51. The predicted molar refractivity (Wildman–Crippen MR) is 44.0 cm³/mol. The second-order valence-corrected chi connectivity index (χ2v) is 2.23. The van der Waals surface area contributed by atoms with Gasteiger partial charge in [0.25, 0.3) is 0 Å². The molecule has 1 rings (SSSR count). The quantitative estimate of drug-likeness (QED) is 0.584. The number of aliphatic imine (C=N–C) groups is 1. The van der Waals surface area contributed by atoms with Crippen LogP contribution in [0.4, 0.5) is 0 Å². The molecule has 0 amide bonds. The summed E-state index contributed by atoms with van der Waals surface area (Å²) < 4.78 is 5.11. The summed E-state index contributed by atoms with van der Waals surface area (Å²) in [6.07, 6.45) is 1.75. The number of methoxy groups -OCH3 is 1. The van der Waals surface area contributed by atoms with Crippen LogP contribution in [0.5, 0.6) is 0 Å². The smallest absolute Gasteiger partial charge is 0.182 e. The Hall–Kier alpha value is -1.03. The number of nitrogens with zero attached hydrogens (tertiary/aromatic N) is 2. The monoisotopic (exact) mass is 155 g/mol. The number of rotatable bonds is 2. The molecule has 1 aliphatic heterocycles. The first kappa shape index (κ1) is 8.07. The summed E-state index contributed by atoms with van der Waals surface area (Å²) in [6.45, 7) is 2.60. The minimum Gasteiger partial charge on any atom is -0.496 e.